The molecule has 20 heteroatoms. The molecule has 0 aliphatic carbocycles. The highest BCUT2D eigenvalue weighted by atomic mass is 32.1. The Kier molecular flexibility index (Phi) is 13.6. The lowest BCUT2D eigenvalue weighted by molar-refractivity contribution is -0.136. The van der Waals surface area contributed by atoms with Gasteiger partial charge in [0.1, 0.15) is 29.1 Å². The Morgan fingerprint density at radius 1 is 0.557 bits per heavy atom. The van der Waals surface area contributed by atoms with Gasteiger partial charge in [0, 0.05) is 88.3 Å². The first-order valence-corrected chi connectivity index (χ1v) is 20.6. The van der Waals surface area contributed by atoms with E-state index in [1.54, 1.807) is 41.3 Å². The van der Waals surface area contributed by atoms with E-state index >= 15 is 0 Å². The van der Waals surface area contributed by atoms with Crippen LogP contribution in [-0.2, 0) is 19.0 Å². The zero-order valence-electron chi connectivity index (χ0n) is 32.3. The Morgan fingerprint density at radius 2 is 0.967 bits per heavy atom. The monoisotopic (exact) mass is 880 g/mol. The quantitative estimate of drug-likeness (QED) is 0.146. The standard InChI is InChI=1S/C21H19F4N5OS.C20H19F2N5OS/c22-15-7-5-14(6-8-15)13-18-27-20(32-28-18)30-11-9-29(10-12-30)19(31)26-17-4-2-1-3-16(17)21(23,24)25;21-15-7-5-14(6-8-15)13-18-24-20(29-25-18)27-11-9-26(10-12-27)19(28)23-17-4-2-1-3-16(17)22/h1-8H,9-13H2,(H,26,31);1-8H,9-13H2,(H,23,28). The van der Waals surface area contributed by atoms with Gasteiger partial charge in [-0.05, 0) is 59.7 Å². The van der Waals surface area contributed by atoms with E-state index in [0.717, 1.165) is 22.3 Å². The number of carbonyl (C=O) groups excluding carboxylic acids is 2. The fourth-order valence-corrected chi connectivity index (χ4v) is 7.92. The smallest absolute Gasteiger partial charge is 0.343 e. The molecule has 4 aromatic carbocycles. The fourth-order valence-electron chi connectivity index (χ4n) is 6.45. The predicted molar refractivity (Wildman–Crippen MR) is 222 cm³/mol. The number of hydrogen-bond donors (Lipinski definition) is 2. The highest BCUT2D eigenvalue weighted by Crippen LogP contribution is 2.35. The number of halogens is 6. The molecule has 0 unspecified atom stereocenters. The van der Waals surface area contributed by atoms with Crippen molar-refractivity contribution in [3.8, 4) is 0 Å². The number of para-hydroxylation sites is 2. The normalized spacial score (nSPS) is 14.3. The molecule has 4 amide bonds. The minimum Gasteiger partial charge on any atom is -0.343 e. The molecule has 2 aromatic heterocycles. The second-order valence-corrected chi connectivity index (χ2v) is 15.4. The van der Waals surface area contributed by atoms with Crippen molar-refractivity contribution in [3.63, 3.8) is 0 Å². The molecule has 318 valence electrons. The maximum atomic E-state index is 13.7. The second kappa shape index (κ2) is 19.4. The summed E-state index contributed by atoms with van der Waals surface area (Å²) in [5, 5.41) is 6.50. The molecular weight excluding hydrogens is 843 g/mol. The Balaban J connectivity index is 0.000000185. The van der Waals surface area contributed by atoms with Crippen LogP contribution in [0.25, 0.3) is 0 Å². The first-order chi connectivity index (χ1) is 29.4. The number of nitrogens with one attached hydrogen (secondary N) is 2. The highest BCUT2D eigenvalue weighted by molar-refractivity contribution is 7.10. The molecule has 2 saturated heterocycles. The maximum Gasteiger partial charge on any atom is 0.418 e. The first-order valence-electron chi connectivity index (χ1n) is 19.0. The van der Waals surface area contributed by atoms with Gasteiger partial charge in [0.25, 0.3) is 0 Å². The van der Waals surface area contributed by atoms with Crippen molar-refractivity contribution in [2.75, 3.05) is 72.8 Å². The van der Waals surface area contributed by atoms with Crippen molar-refractivity contribution in [2.24, 2.45) is 0 Å². The number of anilines is 4. The third kappa shape index (κ3) is 11.5. The molecule has 2 aliphatic rings. The van der Waals surface area contributed by atoms with Crippen molar-refractivity contribution < 1.29 is 35.9 Å². The number of urea groups is 2. The Bertz CT molecular complexity index is 2400. The van der Waals surface area contributed by atoms with Gasteiger partial charge in [0.15, 0.2) is 0 Å². The molecule has 12 nitrogen and oxygen atoms in total. The van der Waals surface area contributed by atoms with Gasteiger partial charge in [-0.15, -0.1) is 0 Å². The largest absolute Gasteiger partial charge is 0.418 e. The molecule has 0 radical (unpaired) electrons. The molecule has 0 spiro atoms. The Hall–Kier alpha value is -6.28. The third-order valence-electron chi connectivity index (χ3n) is 9.73. The average Bonchev–Trinajstić information content (AvgIpc) is 3.94. The number of nitrogens with zero attached hydrogens (tertiary/aromatic N) is 8. The zero-order chi connectivity index (χ0) is 42.9. The summed E-state index contributed by atoms with van der Waals surface area (Å²) in [7, 11) is 0. The van der Waals surface area contributed by atoms with Crippen LogP contribution in [0.5, 0.6) is 0 Å². The predicted octanol–water partition coefficient (Wildman–Crippen LogP) is 8.40. The molecule has 0 saturated carbocycles. The van der Waals surface area contributed by atoms with Gasteiger partial charge < -0.3 is 30.2 Å². The number of hydrogen-bond acceptors (Lipinski definition) is 10. The van der Waals surface area contributed by atoms with Crippen molar-refractivity contribution in [1.82, 2.24) is 28.5 Å². The lowest BCUT2D eigenvalue weighted by atomic mass is 10.1. The summed E-state index contributed by atoms with van der Waals surface area (Å²) in [6.07, 6.45) is -3.52. The summed E-state index contributed by atoms with van der Waals surface area (Å²) in [5.74, 6) is 0.293. The fraction of sp³-hybridized carbons (Fsp3) is 0.268. The number of rotatable bonds is 8. The van der Waals surface area contributed by atoms with Gasteiger partial charge in [-0.25, -0.2) is 32.7 Å². The number of carbonyl (C=O) groups is 2. The van der Waals surface area contributed by atoms with Crippen LogP contribution in [-0.4, -0.2) is 92.9 Å². The van der Waals surface area contributed by atoms with Crippen LogP contribution in [0.2, 0.25) is 0 Å². The number of amides is 4. The van der Waals surface area contributed by atoms with Gasteiger partial charge in [0.2, 0.25) is 10.3 Å². The highest BCUT2D eigenvalue weighted by Gasteiger charge is 2.34. The number of piperazine rings is 2. The molecule has 4 heterocycles. The molecule has 0 bridgehead atoms. The van der Waals surface area contributed by atoms with Crippen molar-refractivity contribution >= 4 is 56.8 Å². The van der Waals surface area contributed by atoms with E-state index in [4.69, 9.17) is 0 Å². The van der Waals surface area contributed by atoms with Gasteiger partial charge in [-0.2, -0.15) is 21.9 Å². The van der Waals surface area contributed by atoms with Crippen molar-refractivity contribution in [1.29, 1.82) is 0 Å². The summed E-state index contributed by atoms with van der Waals surface area (Å²) in [6.45, 7) is 3.91. The molecule has 2 N–H and O–H groups in total. The topological polar surface area (TPSA) is 123 Å². The van der Waals surface area contributed by atoms with Crippen LogP contribution in [0.4, 0.5) is 57.6 Å². The second-order valence-electron chi connectivity index (χ2n) is 13.9. The first kappa shape index (κ1) is 42.8. The van der Waals surface area contributed by atoms with Crippen LogP contribution in [0.1, 0.15) is 28.3 Å². The van der Waals surface area contributed by atoms with Gasteiger partial charge in [-0.1, -0.05) is 48.5 Å². The Morgan fingerprint density at radius 3 is 1.41 bits per heavy atom. The summed E-state index contributed by atoms with van der Waals surface area (Å²) in [4.78, 5) is 41.2. The SMILES string of the molecule is O=C(Nc1ccccc1C(F)(F)F)N1CCN(c2nc(Cc3ccc(F)cc3)ns2)CC1.O=C(Nc1ccccc1F)N1CCN(c2nc(Cc3ccc(F)cc3)ns2)CC1. The summed E-state index contributed by atoms with van der Waals surface area (Å²) in [5.41, 5.74) is 0.882. The molecule has 6 aromatic rings. The summed E-state index contributed by atoms with van der Waals surface area (Å²) < 4.78 is 87.9. The van der Waals surface area contributed by atoms with E-state index < -0.39 is 23.6 Å². The molecule has 8 rings (SSSR count). The van der Waals surface area contributed by atoms with E-state index in [-0.39, 0.29) is 29.0 Å². The van der Waals surface area contributed by atoms with E-state index in [1.165, 1.54) is 82.6 Å². The van der Waals surface area contributed by atoms with Crippen molar-refractivity contribution in [3.05, 3.63) is 143 Å². The molecule has 0 atom stereocenters. The number of aromatic nitrogens is 4. The van der Waals surface area contributed by atoms with E-state index in [0.29, 0.717) is 82.0 Å². The third-order valence-corrected chi connectivity index (χ3v) is 11.4. The van der Waals surface area contributed by atoms with Gasteiger partial charge >= 0.3 is 18.2 Å². The Labute approximate surface area is 354 Å². The van der Waals surface area contributed by atoms with E-state index in [9.17, 15) is 35.9 Å². The average molecular weight is 881 g/mol. The lowest BCUT2D eigenvalue weighted by Gasteiger charge is -2.34. The molecule has 2 fully saturated rings. The van der Waals surface area contributed by atoms with Crippen LogP contribution in [0.3, 0.4) is 0 Å². The van der Waals surface area contributed by atoms with E-state index in [2.05, 4.69) is 34.2 Å². The number of benzene rings is 4. The van der Waals surface area contributed by atoms with E-state index in [1.807, 2.05) is 4.90 Å². The molecule has 2 aliphatic heterocycles. The molecular formula is C41H38F6N10O2S2. The molecule has 61 heavy (non-hydrogen) atoms. The van der Waals surface area contributed by atoms with Crippen molar-refractivity contribution in [2.45, 2.75) is 19.0 Å². The van der Waals surface area contributed by atoms with Crippen LogP contribution in [0, 0.1) is 17.5 Å². The summed E-state index contributed by atoms with van der Waals surface area (Å²) >= 11 is 2.56. The lowest BCUT2D eigenvalue weighted by Crippen LogP contribution is -2.50. The minimum absolute atomic E-state index is 0.175. The summed E-state index contributed by atoms with van der Waals surface area (Å²) in [6, 6.07) is 22.6. The van der Waals surface area contributed by atoms with Crippen LogP contribution in [0.15, 0.2) is 97.1 Å². The van der Waals surface area contributed by atoms with Gasteiger partial charge in [-0.3, -0.25) is 0 Å². The van der Waals surface area contributed by atoms with Crippen LogP contribution < -0.4 is 20.4 Å². The zero-order valence-corrected chi connectivity index (χ0v) is 33.9. The number of alkyl halides is 3. The van der Waals surface area contributed by atoms with Gasteiger partial charge in [0.05, 0.1) is 16.9 Å². The van der Waals surface area contributed by atoms with Crippen LogP contribution >= 0.6 is 23.1 Å². The maximum absolute atomic E-state index is 13.7. The minimum atomic E-state index is -4.55.